The highest BCUT2D eigenvalue weighted by molar-refractivity contribution is 7.08. The zero-order valence-electron chi connectivity index (χ0n) is 13.9. The van der Waals surface area contributed by atoms with Crippen LogP contribution >= 0.6 is 11.3 Å². The van der Waals surface area contributed by atoms with Gasteiger partial charge in [0.05, 0.1) is 16.6 Å². The molecule has 0 saturated carbocycles. The monoisotopic (exact) mass is 360 g/mol. The Kier molecular flexibility index (Phi) is 3.50. The molecule has 0 radical (unpaired) electrons. The van der Waals surface area contributed by atoms with Gasteiger partial charge in [-0.2, -0.15) is 11.3 Å². The summed E-state index contributed by atoms with van der Waals surface area (Å²) in [6, 6.07) is 9.97. The van der Waals surface area contributed by atoms with Crippen molar-refractivity contribution >= 4 is 27.9 Å². The molecule has 0 unspecified atom stereocenters. The fourth-order valence-electron chi connectivity index (χ4n) is 3.33. The number of fused-ring (bicyclic) bond motifs is 2. The Morgan fingerprint density at radius 3 is 2.92 bits per heavy atom. The molecule has 128 valence electrons. The summed E-state index contributed by atoms with van der Waals surface area (Å²) in [5, 5.41) is 15.7. The minimum Gasteiger partial charge on any atom is -0.494 e. The molecule has 0 aliphatic rings. The van der Waals surface area contributed by atoms with Gasteiger partial charge in [0.15, 0.2) is 0 Å². The molecule has 5 heterocycles. The van der Waals surface area contributed by atoms with Gasteiger partial charge in [0.2, 0.25) is 5.88 Å². The van der Waals surface area contributed by atoms with E-state index in [1.165, 1.54) is 0 Å². The molecule has 0 amide bonds. The van der Waals surface area contributed by atoms with Crippen molar-refractivity contribution in [2.24, 2.45) is 0 Å². The smallest absolute Gasteiger partial charge is 0.201 e. The highest BCUT2D eigenvalue weighted by Crippen LogP contribution is 2.36. The van der Waals surface area contributed by atoms with Crippen LogP contribution in [-0.2, 0) is 13.0 Å². The largest absolute Gasteiger partial charge is 0.494 e. The molecule has 0 aliphatic carbocycles. The number of nitrogens with zero attached hydrogens (tertiary/aromatic N) is 4. The predicted molar refractivity (Wildman–Crippen MR) is 104 cm³/mol. The first-order valence-corrected chi connectivity index (χ1v) is 9.36. The number of pyridine rings is 2. The SMILES string of the molecule is Oc1c2c(-c3ccsc3)ccnc2cn1CCc1cn2ccccc2n1. The summed E-state index contributed by atoms with van der Waals surface area (Å²) in [4.78, 5) is 9.05. The van der Waals surface area contributed by atoms with Crippen molar-refractivity contribution in [3.8, 4) is 17.0 Å². The van der Waals surface area contributed by atoms with E-state index in [-0.39, 0.29) is 5.88 Å². The van der Waals surface area contributed by atoms with Gasteiger partial charge in [-0.05, 0) is 46.2 Å². The van der Waals surface area contributed by atoms with Crippen molar-refractivity contribution in [2.45, 2.75) is 13.0 Å². The predicted octanol–water partition coefficient (Wildman–Crippen LogP) is 4.36. The molecule has 5 aromatic heterocycles. The summed E-state index contributed by atoms with van der Waals surface area (Å²) in [7, 11) is 0. The van der Waals surface area contributed by atoms with E-state index in [2.05, 4.69) is 21.4 Å². The summed E-state index contributed by atoms with van der Waals surface area (Å²) < 4.78 is 3.87. The van der Waals surface area contributed by atoms with Gasteiger partial charge in [0.1, 0.15) is 5.65 Å². The molecular weight excluding hydrogens is 344 g/mol. The van der Waals surface area contributed by atoms with Crippen LogP contribution in [0.5, 0.6) is 5.88 Å². The number of imidazole rings is 1. The van der Waals surface area contributed by atoms with Crippen molar-refractivity contribution in [1.82, 2.24) is 18.9 Å². The number of aromatic hydroxyl groups is 1. The molecule has 5 aromatic rings. The van der Waals surface area contributed by atoms with Gasteiger partial charge in [0, 0.05) is 37.8 Å². The molecule has 0 fully saturated rings. The lowest BCUT2D eigenvalue weighted by molar-refractivity contribution is 0.422. The van der Waals surface area contributed by atoms with Crippen LogP contribution in [0.25, 0.3) is 27.7 Å². The first-order valence-electron chi connectivity index (χ1n) is 8.41. The van der Waals surface area contributed by atoms with Crippen LogP contribution < -0.4 is 0 Å². The molecule has 5 rings (SSSR count). The van der Waals surface area contributed by atoms with E-state index >= 15 is 0 Å². The number of thiophene rings is 1. The third-order valence-electron chi connectivity index (χ3n) is 4.61. The van der Waals surface area contributed by atoms with E-state index in [0.29, 0.717) is 6.54 Å². The Morgan fingerprint density at radius 2 is 2.08 bits per heavy atom. The van der Waals surface area contributed by atoms with E-state index in [0.717, 1.165) is 39.8 Å². The number of hydrogen-bond donors (Lipinski definition) is 1. The highest BCUT2D eigenvalue weighted by Gasteiger charge is 2.15. The van der Waals surface area contributed by atoms with Gasteiger partial charge < -0.3 is 14.1 Å². The number of hydrogen-bond acceptors (Lipinski definition) is 4. The fraction of sp³-hybridized carbons (Fsp3) is 0.100. The average Bonchev–Trinajstić information content (AvgIpc) is 3.39. The number of aromatic nitrogens is 4. The molecule has 0 saturated heterocycles. The Balaban J connectivity index is 1.49. The summed E-state index contributed by atoms with van der Waals surface area (Å²) >= 11 is 1.65. The second kappa shape index (κ2) is 6.00. The Morgan fingerprint density at radius 1 is 1.12 bits per heavy atom. The Bertz CT molecular complexity index is 1170. The van der Waals surface area contributed by atoms with Gasteiger partial charge in [0.25, 0.3) is 0 Å². The molecular formula is C20H16N4OS. The maximum absolute atomic E-state index is 10.8. The van der Waals surface area contributed by atoms with Gasteiger partial charge in [-0.3, -0.25) is 4.98 Å². The lowest BCUT2D eigenvalue weighted by Crippen LogP contribution is -1.99. The zero-order valence-corrected chi connectivity index (χ0v) is 14.7. The summed E-state index contributed by atoms with van der Waals surface area (Å²) in [6.07, 6.45) is 8.47. The molecule has 0 atom stereocenters. The van der Waals surface area contributed by atoms with Crippen LogP contribution in [0.15, 0.2) is 65.9 Å². The van der Waals surface area contributed by atoms with E-state index in [1.807, 2.05) is 57.2 Å². The topological polar surface area (TPSA) is 55.4 Å². The van der Waals surface area contributed by atoms with Gasteiger partial charge >= 0.3 is 0 Å². The number of aryl methyl sites for hydroxylation is 2. The molecule has 26 heavy (non-hydrogen) atoms. The quantitative estimate of drug-likeness (QED) is 0.518. The van der Waals surface area contributed by atoms with Gasteiger partial charge in [-0.15, -0.1) is 0 Å². The van der Waals surface area contributed by atoms with Crippen LogP contribution in [0.3, 0.4) is 0 Å². The van der Waals surface area contributed by atoms with Crippen molar-refractivity contribution < 1.29 is 5.11 Å². The van der Waals surface area contributed by atoms with Crippen molar-refractivity contribution in [3.05, 3.63) is 71.6 Å². The standard InChI is InChI=1S/C20H16N4OS/c25-20-19-16(14-6-10-26-13-14)4-7-21-17(19)12-24(20)9-5-15-11-23-8-2-1-3-18(23)22-15/h1-4,6-8,10-13,25H,5,9H2. The Labute approximate surface area is 153 Å². The van der Waals surface area contributed by atoms with Crippen LogP contribution in [-0.4, -0.2) is 24.0 Å². The lowest BCUT2D eigenvalue weighted by atomic mass is 10.1. The summed E-state index contributed by atoms with van der Waals surface area (Å²) in [5.74, 6) is 0.262. The molecule has 0 aromatic carbocycles. The lowest BCUT2D eigenvalue weighted by Gasteiger charge is -2.04. The second-order valence-corrected chi connectivity index (χ2v) is 7.01. The molecule has 1 N–H and O–H groups in total. The third kappa shape index (κ3) is 2.46. The van der Waals surface area contributed by atoms with Crippen LogP contribution in [0.1, 0.15) is 5.69 Å². The van der Waals surface area contributed by atoms with E-state index < -0.39 is 0 Å². The maximum atomic E-state index is 10.8. The molecule has 0 aliphatic heterocycles. The minimum atomic E-state index is 0.262. The minimum absolute atomic E-state index is 0.262. The zero-order chi connectivity index (χ0) is 17.5. The van der Waals surface area contributed by atoms with Crippen molar-refractivity contribution in [1.29, 1.82) is 0 Å². The van der Waals surface area contributed by atoms with Crippen LogP contribution in [0, 0.1) is 0 Å². The summed E-state index contributed by atoms with van der Waals surface area (Å²) in [5.41, 5.74) is 4.86. The molecule has 5 nitrogen and oxygen atoms in total. The van der Waals surface area contributed by atoms with Crippen molar-refractivity contribution in [3.63, 3.8) is 0 Å². The maximum Gasteiger partial charge on any atom is 0.201 e. The molecule has 0 bridgehead atoms. The fourth-order valence-corrected chi connectivity index (χ4v) is 3.99. The third-order valence-corrected chi connectivity index (χ3v) is 5.29. The van der Waals surface area contributed by atoms with Gasteiger partial charge in [-0.1, -0.05) is 6.07 Å². The first-order chi connectivity index (χ1) is 12.8. The van der Waals surface area contributed by atoms with E-state index in [4.69, 9.17) is 0 Å². The van der Waals surface area contributed by atoms with Gasteiger partial charge in [-0.25, -0.2) is 4.98 Å². The average molecular weight is 360 g/mol. The second-order valence-electron chi connectivity index (χ2n) is 6.23. The molecule has 0 spiro atoms. The number of rotatable bonds is 4. The normalized spacial score (nSPS) is 11.5. The van der Waals surface area contributed by atoms with Crippen LogP contribution in [0.4, 0.5) is 0 Å². The first kappa shape index (κ1) is 15.2. The van der Waals surface area contributed by atoms with Crippen LogP contribution in [0.2, 0.25) is 0 Å². The van der Waals surface area contributed by atoms with E-state index in [9.17, 15) is 5.11 Å². The van der Waals surface area contributed by atoms with E-state index in [1.54, 1.807) is 17.5 Å². The summed E-state index contributed by atoms with van der Waals surface area (Å²) in [6.45, 7) is 0.648. The van der Waals surface area contributed by atoms with Crippen molar-refractivity contribution in [2.75, 3.05) is 0 Å². The molecule has 6 heteroatoms. The Hall–Kier alpha value is -3.12. The highest BCUT2D eigenvalue weighted by atomic mass is 32.1.